The molecule has 0 unspecified atom stereocenters. The Hall–Kier alpha value is -0.570. The lowest BCUT2D eigenvalue weighted by atomic mass is 9.86. The Morgan fingerprint density at radius 3 is 2.30 bits per heavy atom. The van der Waals surface area contributed by atoms with E-state index < -0.39 is 5.79 Å². The molecule has 0 aromatic rings. The molecule has 2 heterocycles. The highest BCUT2D eigenvalue weighted by atomic mass is 16.8. The molecule has 10 heavy (non-hydrogen) atoms. The SMILES string of the molecule is CC1(C)CC(=O)O[C@]12CO2. The summed E-state index contributed by atoms with van der Waals surface area (Å²) in [6.45, 7) is 4.56. The zero-order chi connectivity index (χ0) is 7.41. The van der Waals surface area contributed by atoms with Gasteiger partial charge in [-0.2, -0.15) is 0 Å². The summed E-state index contributed by atoms with van der Waals surface area (Å²) >= 11 is 0. The number of esters is 1. The first-order valence-corrected chi connectivity index (χ1v) is 3.42. The first kappa shape index (κ1) is 6.16. The predicted molar refractivity (Wildman–Crippen MR) is 33.2 cm³/mol. The van der Waals surface area contributed by atoms with E-state index in [4.69, 9.17) is 9.47 Å². The number of hydrogen-bond acceptors (Lipinski definition) is 3. The largest absolute Gasteiger partial charge is 0.430 e. The number of carbonyl (C=O) groups excluding carboxylic acids is 1. The molecule has 0 saturated carbocycles. The van der Waals surface area contributed by atoms with Crippen LogP contribution in [0.3, 0.4) is 0 Å². The zero-order valence-electron chi connectivity index (χ0n) is 6.14. The molecule has 2 fully saturated rings. The zero-order valence-corrected chi connectivity index (χ0v) is 6.14. The van der Waals surface area contributed by atoms with Crippen molar-refractivity contribution in [2.24, 2.45) is 5.41 Å². The lowest BCUT2D eigenvalue weighted by Gasteiger charge is -2.18. The molecule has 0 radical (unpaired) electrons. The lowest BCUT2D eigenvalue weighted by Crippen LogP contribution is -2.27. The van der Waals surface area contributed by atoms with Gasteiger partial charge in [-0.3, -0.25) is 4.79 Å². The van der Waals surface area contributed by atoms with E-state index in [1.807, 2.05) is 13.8 Å². The highest BCUT2D eigenvalue weighted by Gasteiger charge is 2.65. The Balaban J connectivity index is 2.29. The van der Waals surface area contributed by atoms with Gasteiger partial charge in [0.2, 0.25) is 5.79 Å². The molecule has 1 spiro atoms. The topological polar surface area (TPSA) is 38.8 Å². The lowest BCUT2D eigenvalue weighted by molar-refractivity contribution is -0.149. The smallest absolute Gasteiger partial charge is 0.309 e. The van der Waals surface area contributed by atoms with E-state index in [1.54, 1.807) is 0 Å². The van der Waals surface area contributed by atoms with Gasteiger partial charge in [0.1, 0.15) is 6.61 Å². The third-order valence-corrected chi connectivity index (χ3v) is 2.30. The van der Waals surface area contributed by atoms with Crippen LogP contribution in [0.25, 0.3) is 0 Å². The number of rotatable bonds is 0. The van der Waals surface area contributed by atoms with Gasteiger partial charge in [-0.1, -0.05) is 13.8 Å². The quantitative estimate of drug-likeness (QED) is 0.369. The van der Waals surface area contributed by atoms with Crippen LogP contribution in [0.4, 0.5) is 0 Å². The van der Waals surface area contributed by atoms with E-state index in [9.17, 15) is 4.79 Å². The molecule has 0 amide bonds. The van der Waals surface area contributed by atoms with Crippen LogP contribution in [0.15, 0.2) is 0 Å². The van der Waals surface area contributed by atoms with Crippen LogP contribution < -0.4 is 0 Å². The minimum Gasteiger partial charge on any atom is -0.430 e. The van der Waals surface area contributed by atoms with E-state index in [1.165, 1.54) is 0 Å². The third kappa shape index (κ3) is 0.560. The van der Waals surface area contributed by atoms with Gasteiger partial charge in [0.15, 0.2) is 0 Å². The van der Waals surface area contributed by atoms with Gasteiger partial charge >= 0.3 is 5.97 Å². The monoisotopic (exact) mass is 142 g/mol. The van der Waals surface area contributed by atoms with E-state index in [0.29, 0.717) is 13.0 Å². The van der Waals surface area contributed by atoms with E-state index >= 15 is 0 Å². The number of hydrogen-bond donors (Lipinski definition) is 0. The van der Waals surface area contributed by atoms with Crippen LogP contribution in [-0.4, -0.2) is 18.4 Å². The first-order valence-electron chi connectivity index (χ1n) is 3.42. The molecule has 0 N–H and O–H groups in total. The van der Waals surface area contributed by atoms with Gasteiger partial charge in [-0.15, -0.1) is 0 Å². The number of epoxide rings is 1. The Morgan fingerprint density at radius 2 is 2.10 bits per heavy atom. The summed E-state index contributed by atoms with van der Waals surface area (Å²) in [5.74, 6) is -0.674. The van der Waals surface area contributed by atoms with Crippen molar-refractivity contribution in [2.45, 2.75) is 26.1 Å². The second kappa shape index (κ2) is 1.37. The van der Waals surface area contributed by atoms with Crippen LogP contribution >= 0.6 is 0 Å². The van der Waals surface area contributed by atoms with E-state index in [2.05, 4.69) is 0 Å². The van der Waals surface area contributed by atoms with Crippen molar-refractivity contribution in [3.63, 3.8) is 0 Å². The van der Waals surface area contributed by atoms with Crippen molar-refractivity contribution in [3.05, 3.63) is 0 Å². The molecule has 3 nitrogen and oxygen atoms in total. The summed E-state index contributed by atoms with van der Waals surface area (Å²) in [4.78, 5) is 10.8. The summed E-state index contributed by atoms with van der Waals surface area (Å²) in [5.41, 5.74) is -0.121. The van der Waals surface area contributed by atoms with Crippen LogP contribution in [0.5, 0.6) is 0 Å². The van der Waals surface area contributed by atoms with Crippen molar-refractivity contribution < 1.29 is 14.3 Å². The van der Waals surface area contributed by atoms with E-state index in [-0.39, 0.29) is 11.4 Å². The second-order valence-corrected chi connectivity index (χ2v) is 3.58. The van der Waals surface area contributed by atoms with Crippen LogP contribution in [-0.2, 0) is 14.3 Å². The molecule has 2 rings (SSSR count). The maximum absolute atomic E-state index is 10.8. The second-order valence-electron chi connectivity index (χ2n) is 3.58. The average Bonchev–Trinajstić information content (AvgIpc) is 2.40. The summed E-state index contributed by atoms with van der Waals surface area (Å²) in [5, 5.41) is 0. The van der Waals surface area contributed by atoms with Gasteiger partial charge in [-0.25, -0.2) is 0 Å². The Bertz CT molecular complexity index is 183. The molecule has 3 heteroatoms. The average molecular weight is 142 g/mol. The fourth-order valence-electron chi connectivity index (χ4n) is 1.37. The summed E-state index contributed by atoms with van der Waals surface area (Å²) < 4.78 is 10.1. The van der Waals surface area contributed by atoms with E-state index in [0.717, 1.165) is 0 Å². The third-order valence-electron chi connectivity index (χ3n) is 2.30. The van der Waals surface area contributed by atoms with Gasteiger partial charge in [0, 0.05) is 5.41 Å². The fourth-order valence-corrected chi connectivity index (χ4v) is 1.37. The van der Waals surface area contributed by atoms with Crippen molar-refractivity contribution in [2.75, 3.05) is 6.61 Å². The highest BCUT2D eigenvalue weighted by Crippen LogP contribution is 2.52. The molecule has 2 saturated heterocycles. The number of carbonyl (C=O) groups is 1. The molecule has 0 bridgehead atoms. The van der Waals surface area contributed by atoms with Gasteiger partial charge < -0.3 is 9.47 Å². The molecule has 0 aliphatic carbocycles. The molecule has 1 atom stereocenters. The highest BCUT2D eigenvalue weighted by molar-refractivity contribution is 5.74. The minimum absolute atomic E-state index is 0.121. The first-order chi connectivity index (χ1) is 4.56. The molecular weight excluding hydrogens is 132 g/mol. The fraction of sp³-hybridized carbons (Fsp3) is 0.857. The maximum atomic E-state index is 10.8. The van der Waals surface area contributed by atoms with Gasteiger partial charge in [-0.05, 0) is 0 Å². The normalized spacial score (nSPS) is 42.0. The maximum Gasteiger partial charge on any atom is 0.309 e. The summed E-state index contributed by atoms with van der Waals surface area (Å²) in [7, 11) is 0. The molecule has 56 valence electrons. The Kier molecular flexibility index (Phi) is 0.844. The van der Waals surface area contributed by atoms with Gasteiger partial charge in [0.05, 0.1) is 6.42 Å². The van der Waals surface area contributed by atoms with Crippen LogP contribution in [0.2, 0.25) is 0 Å². The van der Waals surface area contributed by atoms with Crippen molar-refractivity contribution in [1.82, 2.24) is 0 Å². The summed E-state index contributed by atoms with van der Waals surface area (Å²) in [6, 6.07) is 0. The standard InChI is InChI=1S/C7H10O3/c1-6(2)3-5(8)10-7(6)4-9-7/h3-4H2,1-2H3/t7-/m1/s1. The number of ether oxygens (including phenoxy) is 2. The van der Waals surface area contributed by atoms with Crippen molar-refractivity contribution in [1.29, 1.82) is 0 Å². The molecule has 0 aromatic carbocycles. The van der Waals surface area contributed by atoms with Crippen LogP contribution in [0, 0.1) is 5.41 Å². The molecule has 2 aliphatic rings. The predicted octanol–water partition coefficient (Wildman–Crippen LogP) is 0.686. The van der Waals surface area contributed by atoms with Gasteiger partial charge in [0.25, 0.3) is 0 Å². The molecule has 0 aromatic heterocycles. The molecule has 2 aliphatic heterocycles. The Morgan fingerprint density at radius 1 is 1.50 bits per heavy atom. The van der Waals surface area contributed by atoms with Crippen molar-refractivity contribution >= 4 is 5.97 Å². The minimum atomic E-state index is -0.538. The van der Waals surface area contributed by atoms with Crippen molar-refractivity contribution in [3.8, 4) is 0 Å². The Labute approximate surface area is 59.3 Å². The summed E-state index contributed by atoms with van der Waals surface area (Å²) in [6.07, 6.45) is 0.479. The molecular formula is C7H10O3. The van der Waals surface area contributed by atoms with Crippen LogP contribution in [0.1, 0.15) is 20.3 Å².